The first-order valence-electron chi connectivity index (χ1n) is 18.9. The zero-order chi connectivity index (χ0) is 32.7. The fourth-order valence-electron chi connectivity index (χ4n) is 5.07. The Morgan fingerprint density at radius 1 is 0.489 bits per heavy atom. The van der Waals surface area contributed by atoms with Crippen LogP contribution in [0.3, 0.4) is 0 Å². The molecule has 0 rings (SSSR count). The molecule has 3 heteroatoms. The molecule has 0 spiro atoms. The molecule has 0 saturated heterocycles. The standard InChI is InChI=1S/C42H71BrO2/c1-3-5-7-9-11-13-15-17-19-21-23-25-27-29-31-33-37-41(45-42(44)39-35-36-40-43)38-34-32-30-28-26-24-22-20-18-16-14-12-10-8-6-4-2/h11-14,17-20,23-26,41H,3-10,15-16,21-22,27-40H2,1-2H3/b13-11-,14-12-,19-17-,20-18-,25-23-,26-24-. The Labute approximate surface area is 289 Å². The molecule has 0 aliphatic carbocycles. The van der Waals surface area contributed by atoms with E-state index in [1.165, 1.54) is 77.0 Å². The second-order valence-corrected chi connectivity index (χ2v) is 13.1. The summed E-state index contributed by atoms with van der Waals surface area (Å²) in [6.07, 6.45) is 56.0. The van der Waals surface area contributed by atoms with Gasteiger partial charge in [0.2, 0.25) is 0 Å². The van der Waals surface area contributed by atoms with E-state index < -0.39 is 0 Å². The monoisotopic (exact) mass is 686 g/mol. The van der Waals surface area contributed by atoms with E-state index in [9.17, 15) is 4.79 Å². The maximum atomic E-state index is 12.4. The van der Waals surface area contributed by atoms with E-state index in [0.717, 1.165) is 82.4 Å². The molecule has 0 bridgehead atoms. The summed E-state index contributed by atoms with van der Waals surface area (Å²) in [5.41, 5.74) is 0. The van der Waals surface area contributed by atoms with Crippen LogP contribution in [0.1, 0.15) is 174 Å². The second kappa shape index (κ2) is 38.6. The van der Waals surface area contributed by atoms with E-state index in [2.05, 4.69) is 103 Å². The number of allylic oxidation sites excluding steroid dienone is 12. The van der Waals surface area contributed by atoms with Gasteiger partial charge >= 0.3 is 5.97 Å². The Morgan fingerprint density at radius 2 is 0.867 bits per heavy atom. The lowest BCUT2D eigenvalue weighted by molar-refractivity contribution is -0.150. The highest BCUT2D eigenvalue weighted by Crippen LogP contribution is 2.17. The minimum atomic E-state index is -0.00751. The molecule has 0 unspecified atom stereocenters. The highest BCUT2D eigenvalue weighted by atomic mass is 79.9. The average Bonchev–Trinajstić information content (AvgIpc) is 3.04. The lowest BCUT2D eigenvalue weighted by atomic mass is 10.0. The number of carbonyl (C=O) groups excluding carboxylic acids is 1. The summed E-state index contributed by atoms with van der Waals surface area (Å²) in [4.78, 5) is 12.4. The molecule has 0 aromatic carbocycles. The third kappa shape index (κ3) is 36.7. The maximum absolute atomic E-state index is 12.4. The lowest BCUT2D eigenvalue weighted by Gasteiger charge is -2.18. The van der Waals surface area contributed by atoms with Crippen molar-refractivity contribution in [1.82, 2.24) is 0 Å². The van der Waals surface area contributed by atoms with Crippen LogP contribution in [-0.2, 0) is 9.53 Å². The molecule has 0 aromatic rings. The molecule has 0 N–H and O–H groups in total. The van der Waals surface area contributed by atoms with Gasteiger partial charge < -0.3 is 4.74 Å². The van der Waals surface area contributed by atoms with E-state index in [4.69, 9.17) is 4.74 Å². The first kappa shape index (κ1) is 43.4. The fourth-order valence-corrected chi connectivity index (χ4v) is 5.47. The van der Waals surface area contributed by atoms with Gasteiger partial charge in [0, 0.05) is 11.8 Å². The van der Waals surface area contributed by atoms with Crippen molar-refractivity contribution < 1.29 is 9.53 Å². The van der Waals surface area contributed by atoms with Crippen LogP contribution < -0.4 is 0 Å². The predicted octanol–water partition coefficient (Wildman–Crippen LogP) is 14.4. The molecule has 45 heavy (non-hydrogen) atoms. The number of rotatable bonds is 33. The zero-order valence-corrected chi connectivity index (χ0v) is 31.2. The van der Waals surface area contributed by atoms with Crippen LogP contribution in [0.15, 0.2) is 72.9 Å². The quantitative estimate of drug-likeness (QED) is 0.0297. The van der Waals surface area contributed by atoms with Crippen LogP contribution in [0.2, 0.25) is 0 Å². The highest BCUT2D eigenvalue weighted by molar-refractivity contribution is 9.09. The van der Waals surface area contributed by atoms with E-state index in [1.54, 1.807) is 0 Å². The largest absolute Gasteiger partial charge is 0.462 e. The Balaban J connectivity index is 4.08. The normalized spacial score (nSPS) is 12.6. The Morgan fingerprint density at radius 3 is 1.24 bits per heavy atom. The molecule has 0 aliphatic heterocycles. The average molecular weight is 688 g/mol. The first-order chi connectivity index (χ1) is 22.2. The Hall–Kier alpha value is -1.61. The van der Waals surface area contributed by atoms with Gasteiger partial charge in [-0.25, -0.2) is 0 Å². The summed E-state index contributed by atoms with van der Waals surface area (Å²) in [5.74, 6) is -0.00751. The van der Waals surface area contributed by atoms with Crippen molar-refractivity contribution in [1.29, 1.82) is 0 Å². The number of hydrogen-bond donors (Lipinski definition) is 0. The van der Waals surface area contributed by atoms with Crippen molar-refractivity contribution >= 4 is 21.9 Å². The van der Waals surface area contributed by atoms with E-state index in [0.29, 0.717) is 6.42 Å². The molecule has 0 fully saturated rings. The van der Waals surface area contributed by atoms with Gasteiger partial charge in [-0.1, -0.05) is 141 Å². The van der Waals surface area contributed by atoms with Gasteiger partial charge in [0.25, 0.3) is 0 Å². The number of hydrogen-bond acceptors (Lipinski definition) is 2. The summed E-state index contributed by atoms with van der Waals surface area (Å²) in [7, 11) is 0. The Kier molecular flexibility index (Phi) is 37.2. The van der Waals surface area contributed by atoms with Crippen LogP contribution in [0.5, 0.6) is 0 Å². The number of halogens is 1. The van der Waals surface area contributed by atoms with Crippen molar-refractivity contribution in [2.75, 3.05) is 5.33 Å². The predicted molar refractivity (Wildman–Crippen MR) is 205 cm³/mol. The Bertz CT molecular complexity index is 735. The number of unbranched alkanes of at least 4 members (excludes halogenated alkanes) is 13. The number of carbonyl (C=O) groups is 1. The van der Waals surface area contributed by atoms with Gasteiger partial charge in [0.15, 0.2) is 0 Å². The van der Waals surface area contributed by atoms with Crippen LogP contribution in [-0.4, -0.2) is 17.4 Å². The molecule has 0 atom stereocenters. The first-order valence-corrected chi connectivity index (χ1v) is 20.0. The van der Waals surface area contributed by atoms with E-state index >= 15 is 0 Å². The van der Waals surface area contributed by atoms with Crippen molar-refractivity contribution in [2.24, 2.45) is 0 Å². The second-order valence-electron chi connectivity index (χ2n) is 12.3. The third-order valence-electron chi connectivity index (χ3n) is 7.89. The summed E-state index contributed by atoms with van der Waals surface area (Å²) in [5, 5.41) is 0.951. The molecule has 0 aliphatic rings. The maximum Gasteiger partial charge on any atom is 0.306 e. The minimum absolute atomic E-state index is 0.00751. The molecule has 0 amide bonds. The van der Waals surface area contributed by atoms with Gasteiger partial charge in [-0.15, -0.1) is 0 Å². The van der Waals surface area contributed by atoms with Crippen molar-refractivity contribution in [2.45, 2.75) is 180 Å². The van der Waals surface area contributed by atoms with E-state index in [1.807, 2.05) is 0 Å². The number of esters is 1. The van der Waals surface area contributed by atoms with Crippen molar-refractivity contribution in [3.63, 3.8) is 0 Å². The zero-order valence-electron chi connectivity index (χ0n) is 29.6. The molecular weight excluding hydrogens is 616 g/mol. The number of alkyl halides is 1. The molecule has 0 aromatic heterocycles. The van der Waals surface area contributed by atoms with Gasteiger partial charge in [-0.3, -0.25) is 4.79 Å². The molecule has 2 nitrogen and oxygen atoms in total. The summed E-state index contributed by atoms with van der Waals surface area (Å²) >= 11 is 3.46. The van der Waals surface area contributed by atoms with Gasteiger partial charge in [-0.05, 0) is 116 Å². The minimum Gasteiger partial charge on any atom is -0.462 e. The third-order valence-corrected chi connectivity index (χ3v) is 8.45. The van der Waals surface area contributed by atoms with Crippen molar-refractivity contribution in [3.8, 4) is 0 Å². The van der Waals surface area contributed by atoms with Crippen LogP contribution in [0.25, 0.3) is 0 Å². The molecule has 0 heterocycles. The van der Waals surface area contributed by atoms with Gasteiger partial charge in [-0.2, -0.15) is 0 Å². The number of ether oxygens (including phenoxy) is 1. The summed E-state index contributed by atoms with van der Waals surface area (Å²) in [6, 6.07) is 0. The van der Waals surface area contributed by atoms with Crippen LogP contribution in [0.4, 0.5) is 0 Å². The van der Waals surface area contributed by atoms with Gasteiger partial charge in [0.1, 0.15) is 6.10 Å². The fraction of sp³-hybridized carbons (Fsp3) is 0.690. The molecule has 0 radical (unpaired) electrons. The smallest absolute Gasteiger partial charge is 0.306 e. The summed E-state index contributed by atoms with van der Waals surface area (Å²) < 4.78 is 5.94. The SMILES string of the molecule is CCCCC/C=C\C/C=C\C/C=C\CCCCCC(CCCCC/C=C\C/C=C\C/C=C\CCCCC)OC(=O)CCCCBr. The highest BCUT2D eigenvalue weighted by Gasteiger charge is 2.14. The van der Waals surface area contributed by atoms with Gasteiger partial charge in [0.05, 0.1) is 0 Å². The summed E-state index contributed by atoms with van der Waals surface area (Å²) in [6.45, 7) is 4.51. The lowest BCUT2D eigenvalue weighted by Crippen LogP contribution is -2.18. The topological polar surface area (TPSA) is 26.3 Å². The van der Waals surface area contributed by atoms with Crippen molar-refractivity contribution in [3.05, 3.63) is 72.9 Å². The molecular formula is C42H71BrO2. The van der Waals surface area contributed by atoms with Crippen LogP contribution >= 0.6 is 15.9 Å². The van der Waals surface area contributed by atoms with Crippen LogP contribution in [0, 0.1) is 0 Å². The molecule has 258 valence electrons. The molecule has 0 saturated carbocycles. The van der Waals surface area contributed by atoms with E-state index in [-0.39, 0.29) is 12.1 Å².